The average molecular weight is 345 g/mol. The maximum atomic E-state index is 6.05. The van der Waals surface area contributed by atoms with Crippen LogP contribution in [0, 0.1) is 0 Å². The molecule has 0 spiro atoms. The van der Waals surface area contributed by atoms with Crippen molar-refractivity contribution in [2.45, 2.75) is 12.8 Å². The first kappa shape index (κ1) is 18.0. The Kier molecular flexibility index (Phi) is 6.94. The molecule has 0 aromatic heterocycles. The van der Waals surface area contributed by atoms with Crippen molar-refractivity contribution in [1.29, 1.82) is 0 Å². The summed E-state index contributed by atoms with van der Waals surface area (Å²) in [6, 6.07) is 10.7. The zero-order valence-electron chi connectivity index (χ0n) is 15.1. The third-order valence-electron chi connectivity index (χ3n) is 4.98. The van der Waals surface area contributed by atoms with Gasteiger partial charge in [-0.2, -0.15) is 0 Å². The number of morpholine rings is 1. The topological polar surface area (TPSA) is 57.3 Å². The Morgan fingerprint density at radius 3 is 2.40 bits per heavy atom. The summed E-state index contributed by atoms with van der Waals surface area (Å²) in [6.07, 6.45) is 2.29. The van der Waals surface area contributed by atoms with Gasteiger partial charge < -0.3 is 20.3 Å². The van der Waals surface area contributed by atoms with Gasteiger partial charge in [-0.25, -0.2) is 0 Å². The normalized spacial score (nSPS) is 20.1. The van der Waals surface area contributed by atoms with Gasteiger partial charge in [-0.05, 0) is 31.5 Å². The number of hydrogen-bond acceptors (Lipinski definition) is 4. The summed E-state index contributed by atoms with van der Waals surface area (Å²) >= 11 is 0. The molecule has 0 saturated carbocycles. The lowest BCUT2D eigenvalue weighted by molar-refractivity contribution is 0.0674. The summed E-state index contributed by atoms with van der Waals surface area (Å²) in [5, 5.41) is 0. The van der Waals surface area contributed by atoms with E-state index < -0.39 is 0 Å². The minimum atomic E-state index is 0.680. The van der Waals surface area contributed by atoms with Crippen LogP contribution >= 0.6 is 0 Å². The molecule has 2 aliphatic rings. The highest BCUT2D eigenvalue weighted by molar-refractivity contribution is 5.78. The number of benzene rings is 1. The van der Waals surface area contributed by atoms with E-state index in [0.29, 0.717) is 5.96 Å². The van der Waals surface area contributed by atoms with Crippen molar-refractivity contribution in [3.05, 3.63) is 30.3 Å². The number of aliphatic imine (C=N–C) groups is 1. The molecule has 0 amide bonds. The third-order valence-corrected chi connectivity index (χ3v) is 4.98. The molecular formula is C19H31N5O. The van der Waals surface area contributed by atoms with E-state index in [2.05, 4.69) is 50.0 Å². The van der Waals surface area contributed by atoms with Gasteiger partial charge in [0.1, 0.15) is 0 Å². The van der Waals surface area contributed by atoms with Crippen LogP contribution < -0.4 is 10.6 Å². The van der Waals surface area contributed by atoms with Gasteiger partial charge in [-0.3, -0.25) is 9.89 Å². The molecule has 2 aliphatic heterocycles. The fraction of sp³-hybridized carbons (Fsp3) is 0.632. The number of nitrogens with zero attached hydrogens (tertiary/aromatic N) is 4. The highest BCUT2D eigenvalue weighted by Gasteiger charge is 2.16. The van der Waals surface area contributed by atoms with Crippen LogP contribution in [0.25, 0.3) is 0 Å². The summed E-state index contributed by atoms with van der Waals surface area (Å²) in [5.74, 6) is 0.680. The number of guanidine groups is 1. The highest BCUT2D eigenvalue weighted by atomic mass is 16.5. The van der Waals surface area contributed by atoms with E-state index in [1.807, 2.05) is 0 Å². The van der Waals surface area contributed by atoms with Crippen LogP contribution in [0.2, 0.25) is 0 Å². The largest absolute Gasteiger partial charge is 0.378 e. The van der Waals surface area contributed by atoms with Crippen molar-refractivity contribution in [3.8, 4) is 0 Å². The van der Waals surface area contributed by atoms with Crippen LogP contribution in [0.1, 0.15) is 12.8 Å². The van der Waals surface area contributed by atoms with Gasteiger partial charge in [-0.1, -0.05) is 18.2 Å². The van der Waals surface area contributed by atoms with E-state index >= 15 is 0 Å². The van der Waals surface area contributed by atoms with Crippen molar-refractivity contribution in [1.82, 2.24) is 9.80 Å². The molecule has 0 unspecified atom stereocenters. The molecule has 6 heteroatoms. The van der Waals surface area contributed by atoms with E-state index in [9.17, 15) is 0 Å². The second-order valence-corrected chi connectivity index (χ2v) is 6.71. The number of nitrogens with two attached hydrogens (primary N) is 1. The molecule has 6 nitrogen and oxygen atoms in total. The van der Waals surface area contributed by atoms with Gasteiger partial charge in [0.25, 0.3) is 0 Å². The molecule has 0 aliphatic carbocycles. The summed E-state index contributed by atoms with van der Waals surface area (Å²) < 4.78 is 5.33. The van der Waals surface area contributed by atoms with Crippen LogP contribution in [-0.2, 0) is 4.74 Å². The smallest absolute Gasteiger partial charge is 0.191 e. The zero-order chi connectivity index (χ0) is 17.3. The number of hydrogen-bond donors (Lipinski definition) is 1. The predicted molar refractivity (Wildman–Crippen MR) is 103 cm³/mol. The van der Waals surface area contributed by atoms with E-state index in [1.165, 1.54) is 12.1 Å². The number of unbranched alkanes of at least 4 members (excludes halogenated alkanes) is 1. The molecule has 2 fully saturated rings. The predicted octanol–water partition coefficient (Wildman–Crippen LogP) is 1.24. The van der Waals surface area contributed by atoms with E-state index in [-0.39, 0.29) is 0 Å². The van der Waals surface area contributed by atoms with Crippen molar-refractivity contribution >= 4 is 11.6 Å². The van der Waals surface area contributed by atoms with Gasteiger partial charge in [0, 0.05) is 51.5 Å². The summed E-state index contributed by atoms with van der Waals surface area (Å²) in [5.41, 5.74) is 7.39. The lowest BCUT2D eigenvalue weighted by Crippen LogP contribution is -2.46. The number of anilines is 1. The first-order valence-corrected chi connectivity index (χ1v) is 9.48. The Labute approximate surface area is 151 Å². The van der Waals surface area contributed by atoms with Crippen molar-refractivity contribution in [2.75, 3.05) is 70.5 Å². The molecule has 1 aromatic rings. The maximum Gasteiger partial charge on any atom is 0.191 e. The summed E-state index contributed by atoms with van der Waals surface area (Å²) in [6.45, 7) is 9.75. The minimum Gasteiger partial charge on any atom is -0.378 e. The first-order chi connectivity index (χ1) is 12.3. The average Bonchev–Trinajstić information content (AvgIpc) is 2.69. The van der Waals surface area contributed by atoms with Crippen LogP contribution in [-0.4, -0.2) is 81.3 Å². The molecule has 2 heterocycles. The summed E-state index contributed by atoms with van der Waals surface area (Å²) in [7, 11) is 0. The molecule has 2 saturated heterocycles. The fourth-order valence-corrected chi connectivity index (χ4v) is 3.40. The molecule has 0 atom stereocenters. The lowest BCUT2D eigenvalue weighted by Gasteiger charge is -2.36. The van der Waals surface area contributed by atoms with E-state index in [1.54, 1.807) is 0 Å². The number of para-hydroxylation sites is 1. The van der Waals surface area contributed by atoms with Gasteiger partial charge in [0.2, 0.25) is 0 Å². The molecule has 25 heavy (non-hydrogen) atoms. The molecule has 1 aromatic carbocycles. The quantitative estimate of drug-likeness (QED) is 0.477. The monoisotopic (exact) mass is 345 g/mol. The Morgan fingerprint density at radius 2 is 1.68 bits per heavy atom. The number of piperazine rings is 1. The van der Waals surface area contributed by atoms with Gasteiger partial charge >= 0.3 is 0 Å². The van der Waals surface area contributed by atoms with Crippen LogP contribution in [0.5, 0.6) is 0 Å². The lowest BCUT2D eigenvalue weighted by atomic mass is 10.2. The van der Waals surface area contributed by atoms with Gasteiger partial charge in [0.05, 0.1) is 13.2 Å². The fourth-order valence-electron chi connectivity index (χ4n) is 3.40. The van der Waals surface area contributed by atoms with Crippen molar-refractivity contribution in [3.63, 3.8) is 0 Å². The van der Waals surface area contributed by atoms with Crippen LogP contribution in [0.4, 0.5) is 5.69 Å². The SMILES string of the molecule is NC(=NCCCCN1CCN(c2ccccc2)CC1)N1CCOCC1. The Balaban J connectivity index is 1.29. The van der Waals surface area contributed by atoms with Gasteiger partial charge in [0.15, 0.2) is 5.96 Å². The molecule has 138 valence electrons. The van der Waals surface area contributed by atoms with Crippen molar-refractivity contribution in [2.24, 2.45) is 10.7 Å². The van der Waals surface area contributed by atoms with Gasteiger partial charge in [-0.15, -0.1) is 0 Å². The standard InChI is InChI=1S/C19H31N5O/c20-19(24-14-16-25-17-15-24)21-8-4-5-9-22-10-12-23(13-11-22)18-6-2-1-3-7-18/h1-3,6-7H,4-5,8-17H2,(H2,20,21). The van der Waals surface area contributed by atoms with E-state index in [4.69, 9.17) is 10.5 Å². The highest BCUT2D eigenvalue weighted by Crippen LogP contribution is 2.15. The second kappa shape index (κ2) is 9.63. The Morgan fingerprint density at radius 1 is 0.960 bits per heavy atom. The molecule has 2 N–H and O–H groups in total. The number of rotatable bonds is 6. The van der Waals surface area contributed by atoms with Crippen molar-refractivity contribution < 1.29 is 4.74 Å². The summed E-state index contributed by atoms with van der Waals surface area (Å²) in [4.78, 5) is 11.7. The first-order valence-electron chi connectivity index (χ1n) is 9.48. The van der Waals surface area contributed by atoms with E-state index in [0.717, 1.165) is 72.0 Å². The van der Waals surface area contributed by atoms with Crippen LogP contribution in [0.15, 0.2) is 35.3 Å². The molecular weight excluding hydrogens is 314 g/mol. The number of ether oxygens (including phenoxy) is 1. The second-order valence-electron chi connectivity index (χ2n) is 6.71. The Bertz CT molecular complexity index is 522. The maximum absolute atomic E-state index is 6.05. The minimum absolute atomic E-state index is 0.680. The molecule has 0 radical (unpaired) electrons. The third kappa shape index (κ3) is 5.61. The van der Waals surface area contributed by atoms with Crippen LogP contribution in [0.3, 0.4) is 0 Å². The molecule has 0 bridgehead atoms. The Hall–Kier alpha value is -1.79. The zero-order valence-corrected chi connectivity index (χ0v) is 15.1. The molecule has 3 rings (SSSR count).